The van der Waals surface area contributed by atoms with Crippen molar-refractivity contribution in [3.8, 4) is 11.5 Å². The van der Waals surface area contributed by atoms with Crippen molar-refractivity contribution in [3.63, 3.8) is 0 Å². The molecule has 31 heavy (non-hydrogen) atoms. The van der Waals surface area contributed by atoms with Gasteiger partial charge in [-0.05, 0) is 42.8 Å². The first-order valence-electron chi connectivity index (χ1n) is 9.93. The SMILES string of the molecule is CCCCOc1ccc(C(=O)NCC(=O)NCC(O)COc2cccc(Cl)c2Cl)cc1. The number of hydrogen-bond acceptors (Lipinski definition) is 5. The van der Waals surface area contributed by atoms with E-state index in [0.29, 0.717) is 28.7 Å². The number of aliphatic hydroxyl groups is 1. The molecule has 0 aromatic heterocycles. The van der Waals surface area contributed by atoms with Crippen molar-refractivity contribution in [1.29, 1.82) is 0 Å². The van der Waals surface area contributed by atoms with Crippen molar-refractivity contribution in [3.05, 3.63) is 58.1 Å². The molecule has 0 spiro atoms. The lowest BCUT2D eigenvalue weighted by Gasteiger charge is -2.14. The maximum Gasteiger partial charge on any atom is 0.251 e. The lowest BCUT2D eigenvalue weighted by molar-refractivity contribution is -0.120. The molecule has 2 aromatic rings. The normalized spacial score (nSPS) is 11.5. The van der Waals surface area contributed by atoms with E-state index >= 15 is 0 Å². The van der Waals surface area contributed by atoms with Gasteiger partial charge in [0.25, 0.3) is 5.91 Å². The highest BCUT2D eigenvalue weighted by Crippen LogP contribution is 2.31. The fourth-order valence-corrected chi connectivity index (χ4v) is 2.78. The molecule has 3 N–H and O–H groups in total. The Morgan fingerprint density at radius 2 is 1.81 bits per heavy atom. The molecule has 0 radical (unpaired) electrons. The summed E-state index contributed by atoms with van der Waals surface area (Å²) in [6.45, 7) is 2.36. The Morgan fingerprint density at radius 1 is 1.06 bits per heavy atom. The van der Waals surface area contributed by atoms with E-state index in [1.165, 1.54) is 0 Å². The van der Waals surface area contributed by atoms with E-state index in [9.17, 15) is 14.7 Å². The van der Waals surface area contributed by atoms with Gasteiger partial charge < -0.3 is 25.2 Å². The predicted octanol–water partition coefficient (Wildman–Crippen LogP) is 3.46. The molecule has 0 saturated carbocycles. The molecule has 0 heterocycles. The number of halogens is 2. The molecule has 7 nitrogen and oxygen atoms in total. The van der Waals surface area contributed by atoms with Crippen LogP contribution in [0.25, 0.3) is 0 Å². The number of carbonyl (C=O) groups excluding carboxylic acids is 2. The summed E-state index contributed by atoms with van der Waals surface area (Å²) in [6.07, 6.45) is 1.05. The van der Waals surface area contributed by atoms with Crippen molar-refractivity contribution >= 4 is 35.0 Å². The Morgan fingerprint density at radius 3 is 2.52 bits per heavy atom. The highest BCUT2D eigenvalue weighted by Gasteiger charge is 2.12. The number of amides is 2. The van der Waals surface area contributed by atoms with Crippen molar-refractivity contribution in [2.24, 2.45) is 0 Å². The first kappa shape index (κ1) is 24.8. The summed E-state index contributed by atoms with van der Waals surface area (Å²) in [5.74, 6) is 0.217. The first-order valence-corrected chi connectivity index (χ1v) is 10.7. The van der Waals surface area contributed by atoms with E-state index < -0.39 is 12.0 Å². The molecule has 0 fully saturated rings. The van der Waals surface area contributed by atoms with Crippen LogP contribution < -0.4 is 20.1 Å². The van der Waals surface area contributed by atoms with Gasteiger partial charge in [0.1, 0.15) is 29.2 Å². The van der Waals surface area contributed by atoms with Crippen LogP contribution in [0, 0.1) is 0 Å². The third-order valence-electron chi connectivity index (χ3n) is 4.17. The fourth-order valence-electron chi connectivity index (χ4n) is 2.43. The number of hydrogen-bond donors (Lipinski definition) is 3. The Hall–Kier alpha value is -2.48. The lowest BCUT2D eigenvalue weighted by Crippen LogP contribution is -2.41. The van der Waals surface area contributed by atoms with Crippen molar-refractivity contribution in [2.75, 3.05) is 26.3 Å². The van der Waals surface area contributed by atoms with E-state index in [4.69, 9.17) is 32.7 Å². The predicted molar refractivity (Wildman–Crippen MR) is 120 cm³/mol. The van der Waals surface area contributed by atoms with E-state index in [1.807, 2.05) is 0 Å². The van der Waals surface area contributed by atoms with Gasteiger partial charge in [-0.15, -0.1) is 0 Å². The molecule has 168 valence electrons. The van der Waals surface area contributed by atoms with E-state index in [2.05, 4.69) is 17.6 Å². The number of unbranched alkanes of at least 4 members (excludes halogenated alkanes) is 1. The fraction of sp³-hybridized carbons (Fsp3) is 0.364. The Labute approximate surface area is 191 Å². The molecule has 0 aliphatic heterocycles. The molecule has 0 aliphatic rings. The van der Waals surface area contributed by atoms with Gasteiger partial charge in [0.2, 0.25) is 5.91 Å². The third-order valence-corrected chi connectivity index (χ3v) is 4.98. The second kappa shape index (κ2) is 13.0. The maximum absolute atomic E-state index is 12.2. The van der Waals surface area contributed by atoms with Gasteiger partial charge >= 0.3 is 0 Å². The average molecular weight is 469 g/mol. The minimum Gasteiger partial charge on any atom is -0.494 e. The molecule has 0 aliphatic carbocycles. The first-order chi connectivity index (χ1) is 14.9. The van der Waals surface area contributed by atoms with Crippen LogP contribution in [-0.2, 0) is 4.79 Å². The van der Waals surface area contributed by atoms with Crippen LogP contribution in [0.5, 0.6) is 11.5 Å². The number of carbonyl (C=O) groups is 2. The molecule has 0 saturated heterocycles. The summed E-state index contributed by atoms with van der Waals surface area (Å²) in [7, 11) is 0. The molecular formula is C22H26Cl2N2O5. The summed E-state index contributed by atoms with van der Waals surface area (Å²) in [4.78, 5) is 24.1. The van der Waals surface area contributed by atoms with Crippen LogP contribution in [0.3, 0.4) is 0 Å². The van der Waals surface area contributed by atoms with Gasteiger partial charge in [-0.25, -0.2) is 0 Å². The van der Waals surface area contributed by atoms with Crippen LogP contribution in [0.2, 0.25) is 10.0 Å². The average Bonchev–Trinajstić information content (AvgIpc) is 2.77. The maximum atomic E-state index is 12.2. The lowest BCUT2D eigenvalue weighted by atomic mass is 10.2. The van der Waals surface area contributed by atoms with Crippen LogP contribution >= 0.6 is 23.2 Å². The minimum atomic E-state index is -0.963. The van der Waals surface area contributed by atoms with E-state index in [-0.39, 0.29) is 30.6 Å². The monoisotopic (exact) mass is 468 g/mol. The molecule has 1 atom stereocenters. The molecule has 9 heteroatoms. The zero-order valence-electron chi connectivity index (χ0n) is 17.2. The largest absolute Gasteiger partial charge is 0.494 e. The van der Waals surface area contributed by atoms with Crippen LogP contribution in [0.1, 0.15) is 30.1 Å². The van der Waals surface area contributed by atoms with Gasteiger partial charge in [0, 0.05) is 12.1 Å². The summed E-state index contributed by atoms with van der Waals surface area (Å²) in [5, 5.41) is 15.6. The summed E-state index contributed by atoms with van der Waals surface area (Å²) in [5.41, 5.74) is 0.419. The van der Waals surface area contributed by atoms with Crippen LogP contribution in [0.4, 0.5) is 0 Å². The van der Waals surface area contributed by atoms with Crippen molar-refractivity contribution in [1.82, 2.24) is 10.6 Å². The molecule has 2 aromatic carbocycles. The number of rotatable bonds is 12. The van der Waals surface area contributed by atoms with Crippen LogP contribution in [-0.4, -0.2) is 49.3 Å². The number of ether oxygens (including phenoxy) is 2. The number of benzene rings is 2. The summed E-state index contributed by atoms with van der Waals surface area (Å²) in [6, 6.07) is 11.6. The Kier molecular flexibility index (Phi) is 10.4. The smallest absolute Gasteiger partial charge is 0.251 e. The van der Waals surface area contributed by atoms with Gasteiger partial charge in [-0.1, -0.05) is 42.6 Å². The zero-order valence-corrected chi connectivity index (χ0v) is 18.7. The van der Waals surface area contributed by atoms with Crippen molar-refractivity contribution in [2.45, 2.75) is 25.9 Å². The third kappa shape index (κ3) is 8.65. The summed E-state index contributed by atoms with van der Waals surface area (Å²) >= 11 is 11.9. The van der Waals surface area contributed by atoms with Gasteiger partial charge in [0.05, 0.1) is 18.2 Å². The van der Waals surface area contributed by atoms with Crippen molar-refractivity contribution < 1.29 is 24.2 Å². The molecule has 1 unspecified atom stereocenters. The van der Waals surface area contributed by atoms with Gasteiger partial charge in [-0.3, -0.25) is 9.59 Å². The van der Waals surface area contributed by atoms with Gasteiger partial charge in [-0.2, -0.15) is 0 Å². The topological polar surface area (TPSA) is 96.9 Å². The summed E-state index contributed by atoms with van der Waals surface area (Å²) < 4.78 is 11.0. The highest BCUT2D eigenvalue weighted by atomic mass is 35.5. The second-order valence-corrected chi connectivity index (χ2v) is 7.52. The quantitative estimate of drug-likeness (QED) is 0.414. The number of nitrogens with one attached hydrogen (secondary N) is 2. The molecular weight excluding hydrogens is 443 g/mol. The zero-order chi connectivity index (χ0) is 22.6. The highest BCUT2D eigenvalue weighted by molar-refractivity contribution is 6.42. The van der Waals surface area contributed by atoms with E-state index in [0.717, 1.165) is 12.8 Å². The van der Waals surface area contributed by atoms with Gasteiger partial charge in [0.15, 0.2) is 0 Å². The standard InChI is InChI=1S/C22H26Cl2N2O5/c1-2-3-11-30-17-9-7-15(8-10-17)22(29)26-13-20(28)25-12-16(27)14-31-19-6-4-5-18(23)21(19)24/h4-10,16,27H,2-3,11-14H2,1H3,(H,25,28)(H,26,29). The molecule has 2 amide bonds. The minimum absolute atomic E-state index is 0.0450. The second-order valence-electron chi connectivity index (χ2n) is 6.73. The van der Waals surface area contributed by atoms with E-state index in [1.54, 1.807) is 42.5 Å². The number of aliphatic hydroxyl groups excluding tert-OH is 1. The molecule has 2 rings (SSSR count). The van der Waals surface area contributed by atoms with Crippen LogP contribution in [0.15, 0.2) is 42.5 Å². The Bertz CT molecular complexity index is 861. The molecule has 0 bridgehead atoms. The Balaban J connectivity index is 1.67.